The van der Waals surface area contributed by atoms with E-state index in [-0.39, 0.29) is 41.3 Å². The Balaban J connectivity index is 1.37. The molecule has 3 heterocycles. The second kappa shape index (κ2) is 8.15. The van der Waals surface area contributed by atoms with Gasteiger partial charge in [0.15, 0.2) is 0 Å². The average Bonchev–Trinajstić information content (AvgIpc) is 3.30. The highest BCUT2D eigenvalue weighted by Gasteiger charge is 2.54. The maximum atomic E-state index is 13.6. The summed E-state index contributed by atoms with van der Waals surface area (Å²) in [5.41, 5.74) is 2.78. The molecule has 4 atom stereocenters. The quantitative estimate of drug-likeness (QED) is 0.538. The van der Waals surface area contributed by atoms with Crippen LogP contribution in [0.3, 0.4) is 0 Å². The van der Waals surface area contributed by atoms with E-state index in [9.17, 15) is 18.0 Å². The van der Waals surface area contributed by atoms with Gasteiger partial charge < -0.3 is 9.64 Å². The first-order valence-electron chi connectivity index (χ1n) is 12.2. The molecular weight excluding hydrogens is 446 g/mol. The molecule has 3 saturated heterocycles. The zero-order chi connectivity index (χ0) is 23.6. The molecule has 33 heavy (non-hydrogen) atoms. The van der Waals surface area contributed by atoms with Gasteiger partial charge in [-0.1, -0.05) is 6.92 Å². The summed E-state index contributed by atoms with van der Waals surface area (Å²) in [7, 11) is -1.57. The molecule has 0 spiro atoms. The number of hydrogen-bond acceptors (Lipinski definition) is 7. The number of hydrazine groups is 1. The van der Waals surface area contributed by atoms with Crippen molar-refractivity contribution in [2.75, 3.05) is 46.4 Å². The van der Waals surface area contributed by atoms with E-state index in [4.69, 9.17) is 4.74 Å². The van der Waals surface area contributed by atoms with Crippen LogP contribution in [0, 0.1) is 17.3 Å². The number of sulfonamides is 1. The van der Waals surface area contributed by atoms with Crippen molar-refractivity contribution in [3.8, 4) is 0 Å². The van der Waals surface area contributed by atoms with E-state index in [2.05, 4.69) is 17.1 Å². The first kappa shape index (κ1) is 23.5. The van der Waals surface area contributed by atoms with Gasteiger partial charge in [0.05, 0.1) is 24.4 Å². The SMILES string of the molecule is CN1CC(CN2C(=O)C3CC(S(=O)(=O)NC4(C)CC4)CCC3N(CC3(C)COC3)C2=O)CN1. The van der Waals surface area contributed by atoms with Gasteiger partial charge in [0.1, 0.15) is 0 Å². The summed E-state index contributed by atoms with van der Waals surface area (Å²) in [5, 5.41) is 1.38. The maximum Gasteiger partial charge on any atom is 0.327 e. The van der Waals surface area contributed by atoms with Crippen LogP contribution in [0.25, 0.3) is 0 Å². The van der Waals surface area contributed by atoms with Crippen LogP contribution in [0.2, 0.25) is 0 Å². The molecule has 0 aromatic carbocycles. The summed E-state index contributed by atoms with van der Waals surface area (Å²) in [6.45, 7) is 7.59. The van der Waals surface area contributed by atoms with E-state index in [1.807, 2.05) is 23.9 Å². The number of hydrogen-bond donors (Lipinski definition) is 2. The Labute approximate surface area is 196 Å². The molecule has 10 nitrogen and oxygen atoms in total. The molecule has 5 rings (SSSR count). The summed E-state index contributed by atoms with van der Waals surface area (Å²) in [6, 6.07) is -0.472. The lowest BCUT2D eigenvalue weighted by molar-refractivity contribution is -0.147. The van der Waals surface area contributed by atoms with Crippen LogP contribution < -0.4 is 10.1 Å². The van der Waals surface area contributed by atoms with Gasteiger partial charge >= 0.3 is 6.03 Å². The zero-order valence-electron chi connectivity index (χ0n) is 19.9. The lowest BCUT2D eigenvalue weighted by Gasteiger charge is -2.52. The standard InChI is InChI=1S/C22H37N5O5S/c1-21(13-32-14-21)12-27-18-5-4-16(33(30,31)24-22(2)6-7-22)8-17(18)19(28)26(20(27)29)11-15-9-23-25(3)10-15/h15-18,23-24H,4-14H2,1-3H3. The van der Waals surface area contributed by atoms with Crippen LogP contribution in [0.1, 0.15) is 46.0 Å². The maximum absolute atomic E-state index is 13.6. The highest BCUT2D eigenvalue weighted by Crippen LogP contribution is 2.41. The Morgan fingerprint density at radius 3 is 2.48 bits per heavy atom. The van der Waals surface area contributed by atoms with Gasteiger partial charge in [0, 0.05) is 56.1 Å². The molecule has 4 unspecified atom stereocenters. The molecule has 0 aromatic heterocycles. The molecular formula is C22H37N5O5S. The number of nitrogens with one attached hydrogen (secondary N) is 2. The van der Waals surface area contributed by atoms with Crippen LogP contribution in [0.15, 0.2) is 0 Å². The van der Waals surface area contributed by atoms with Gasteiger partial charge in [-0.3, -0.25) is 15.1 Å². The summed E-state index contributed by atoms with van der Waals surface area (Å²) in [6.07, 6.45) is 2.97. The normalized spacial score (nSPS) is 36.0. The van der Waals surface area contributed by atoms with Crippen molar-refractivity contribution >= 4 is 22.0 Å². The van der Waals surface area contributed by atoms with Crippen molar-refractivity contribution in [3.05, 3.63) is 0 Å². The molecule has 2 N–H and O–H groups in total. The first-order valence-corrected chi connectivity index (χ1v) is 13.7. The molecule has 0 bridgehead atoms. The summed E-state index contributed by atoms with van der Waals surface area (Å²) in [4.78, 5) is 30.4. The van der Waals surface area contributed by atoms with Crippen LogP contribution in [0.4, 0.5) is 4.79 Å². The molecule has 0 aromatic rings. The molecule has 3 aliphatic heterocycles. The van der Waals surface area contributed by atoms with Crippen molar-refractivity contribution < 1.29 is 22.7 Å². The number of carbonyl (C=O) groups excluding carboxylic acids is 2. The lowest BCUT2D eigenvalue weighted by atomic mass is 9.78. The highest BCUT2D eigenvalue weighted by atomic mass is 32.2. The molecule has 11 heteroatoms. The van der Waals surface area contributed by atoms with E-state index in [1.54, 1.807) is 0 Å². The number of rotatable bonds is 7. The van der Waals surface area contributed by atoms with Crippen molar-refractivity contribution in [2.45, 2.75) is 62.8 Å². The zero-order valence-corrected chi connectivity index (χ0v) is 20.7. The molecule has 2 saturated carbocycles. The molecule has 2 aliphatic carbocycles. The number of amides is 3. The Kier molecular flexibility index (Phi) is 5.80. The number of imide groups is 1. The minimum atomic E-state index is -3.52. The van der Waals surface area contributed by atoms with Crippen LogP contribution >= 0.6 is 0 Å². The third-order valence-electron chi connectivity index (χ3n) is 8.13. The average molecular weight is 484 g/mol. The Hall–Kier alpha value is -1.27. The largest absolute Gasteiger partial charge is 0.380 e. The fourth-order valence-corrected chi connectivity index (χ4v) is 7.80. The predicted octanol–water partition coefficient (Wildman–Crippen LogP) is 0.363. The number of urea groups is 1. The van der Waals surface area contributed by atoms with E-state index < -0.39 is 21.2 Å². The van der Waals surface area contributed by atoms with Gasteiger partial charge in [0.25, 0.3) is 0 Å². The molecule has 5 fully saturated rings. The van der Waals surface area contributed by atoms with Crippen LogP contribution in [-0.4, -0.2) is 98.4 Å². The second-order valence-corrected chi connectivity index (χ2v) is 13.5. The molecule has 5 aliphatic rings. The van der Waals surface area contributed by atoms with Crippen LogP contribution in [0.5, 0.6) is 0 Å². The van der Waals surface area contributed by atoms with Crippen molar-refractivity contribution in [1.82, 2.24) is 25.0 Å². The van der Waals surface area contributed by atoms with Crippen molar-refractivity contribution in [2.24, 2.45) is 17.3 Å². The van der Waals surface area contributed by atoms with E-state index in [0.29, 0.717) is 45.7 Å². The second-order valence-electron chi connectivity index (χ2n) is 11.6. The van der Waals surface area contributed by atoms with Gasteiger partial charge in [-0.05, 0) is 39.0 Å². The smallest absolute Gasteiger partial charge is 0.327 e. The number of carbonyl (C=O) groups is 2. The lowest BCUT2D eigenvalue weighted by Crippen LogP contribution is -2.67. The number of fused-ring (bicyclic) bond motifs is 1. The fraction of sp³-hybridized carbons (Fsp3) is 0.909. The van der Waals surface area contributed by atoms with Gasteiger partial charge in [-0.2, -0.15) is 0 Å². The third kappa shape index (κ3) is 4.54. The summed E-state index contributed by atoms with van der Waals surface area (Å²) < 4.78 is 34.5. The van der Waals surface area contributed by atoms with Gasteiger partial charge in [-0.15, -0.1) is 0 Å². The number of nitrogens with zero attached hydrogens (tertiary/aromatic N) is 3. The van der Waals surface area contributed by atoms with Gasteiger partial charge in [0.2, 0.25) is 15.9 Å². The topological polar surface area (TPSA) is 111 Å². The minimum absolute atomic E-state index is 0.119. The van der Waals surface area contributed by atoms with Gasteiger partial charge in [-0.25, -0.2) is 22.9 Å². The summed E-state index contributed by atoms with van der Waals surface area (Å²) in [5.74, 6) is -0.534. The fourth-order valence-electron chi connectivity index (χ4n) is 5.83. The third-order valence-corrected chi connectivity index (χ3v) is 10.2. The molecule has 3 amide bonds. The highest BCUT2D eigenvalue weighted by molar-refractivity contribution is 7.90. The van der Waals surface area contributed by atoms with Crippen molar-refractivity contribution in [3.63, 3.8) is 0 Å². The Morgan fingerprint density at radius 2 is 1.91 bits per heavy atom. The first-order chi connectivity index (χ1) is 15.5. The van der Waals surface area contributed by atoms with Crippen molar-refractivity contribution in [1.29, 1.82) is 0 Å². The molecule has 0 radical (unpaired) electrons. The minimum Gasteiger partial charge on any atom is -0.380 e. The van der Waals surface area contributed by atoms with Crippen LogP contribution in [-0.2, 0) is 19.6 Å². The van der Waals surface area contributed by atoms with E-state index >= 15 is 0 Å². The summed E-state index contributed by atoms with van der Waals surface area (Å²) >= 11 is 0. The Bertz CT molecular complexity index is 918. The Morgan fingerprint density at radius 1 is 1.18 bits per heavy atom. The van der Waals surface area contributed by atoms with E-state index in [0.717, 1.165) is 19.4 Å². The monoisotopic (exact) mass is 483 g/mol. The number of ether oxygens (including phenoxy) is 1. The predicted molar refractivity (Wildman–Crippen MR) is 121 cm³/mol. The van der Waals surface area contributed by atoms with E-state index in [1.165, 1.54) is 4.90 Å². The molecule has 186 valence electrons.